The zero-order valence-corrected chi connectivity index (χ0v) is 19.1. The Labute approximate surface area is 170 Å². The zero-order chi connectivity index (χ0) is 21.6. The highest BCUT2D eigenvalue weighted by Gasteiger charge is 2.65. The fourth-order valence-corrected chi connectivity index (χ4v) is 3.97. The summed E-state index contributed by atoms with van der Waals surface area (Å²) in [6.07, 6.45) is 1.57. The second-order valence-corrected chi connectivity index (χ2v) is 10.3. The molecule has 0 aliphatic heterocycles. The number of hydrogen-bond acceptors (Lipinski definition) is 3. The van der Waals surface area contributed by atoms with Gasteiger partial charge in [0.15, 0.2) is 0 Å². The van der Waals surface area contributed by atoms with Gasteiger partial charge in [-0.3, -0.25) is 14.4 Å². The Hall–Kier alpha value is -1.59. The lowest BCUT2D eigenvalue weighted by Gasteiger charge is -2.36. The number of likely N-dealkylation sites (N-methyl/N-ethyl adjacent to an activating group) is 2. The monoisotopic (exact) mass is 393 g/mol. The third-order valence-electron chi connectivity index (χ3n) is 7.21. The van der Waals surface area contributed by atoms with E-state index in [1.807, 2.05) is 13.8 Å². The SMILES string of the molecule is CC(C)[C@@H]1CC1(C(=O)NC(C)(C)C(C)C)N(C)C(=O)CN(C)C(=O)[C@H]1C[C@H]1C. The van der Waals surface area contributed by atoms with Crippen LogP contribution in [0.4, 0.5) is 0 Å². The lowest BCUT2D eigenvalue weighted by Crippen LogP contribution is -2.59. The van der Waals surface area contributed by atoms with Gasteiger partial charge in [-0.05, 0) is 50.4 Å². The van der Waals surface area contributed by atoms with Gasteiger partial charge < -0.3 is 15.1 Å². The Morgan fingerprint density at radius 3 is 2.07 bits per heavy atom. The van der Waals surface area contributed by atoms with Crippen LogP contribution in [0.15, 0.2) is 0 Å². The van der Waals surface area contributed by atoms with Gasteiger partial charge in [0.1, 0.15) is 5.54 Å². The van der Waals surface area contributed by atoms with Crippen molar-refractivity contribution < 1.29 is 14.4 Å². The maximum absolute atomic E-state index is 13.3. The second-order valence-electron chi connectivity index (χ2n) is 10.3. The largest absolute Gasteiger partial charge is 0.349 e. The second kappa shape index (κ2) is 7.68. The van der Waals surface area contributed by atoms with E-state index >= 15 is 0 Å². The molecule has 2 aliphatic rings. The molecule has 2 rings (SSSR count). The van der Waals surface area contributed by atoms with E-state index in [9.17, 15) is 14.4 Å². The standard InChI is InChI=1S/C22H39N3O3/c1-13(2)17-11-22(17,20(28)23-21(6,7)14(3)4)25(9)18(26)12-24(8)19(27)16-10-15(16)5/h13-17H,10-12H2,1-9H3,(H,23,28)/t15-,16+,17+,22?/m1/s1. The zero-order valence-electron chi connectivity index (χ0n) is 19.1. The number of carbonyl (C=O) groups excluding carboxylic acids is 3. The van der Waals surface area contributed by atoms with E-state index in [1.165, 1.54) is 4.90 Å². The van der Waals surface area contributed by atoms with Gasteiger partial charge in [-0.15, -0.1) is 0 Å². The summed E-state index contributed by atoms with van der Waals surface area (Å²) in [7, 11) is 3.39. The highest BCUT2D eigenvalue weighted by atomic mass is 16.2. The van der Waals surface area contributed by atoms with Crippen LogP contribution in [0.2, 0.25) is 0 Å². The summed E-state index contributed by atoms with van der Waals surface area (Å²) < 4.78 is 0. The summed E-state index contributed by atoms with van der Waals surface area (Å²) >= 11 is 0. The van der Waals surface area contributed by atoms with Crippen molar-refractivity contribution in [2.24, 2.45) is 29.6 Å². The van der Waals surface area contributed by atoms with Gasteiger partial charge >= 0.3 is 0 Å². The quantitative estimate of drug-likeness (QED) is 0.689. The average molecular weight is 394 g/mol. The fourth-order valence-electron chi connectivity index (χ4n) is 3.97. The van der Waals surface area contributed by atoms with Gasteiger partial charge in [-0.2, -0.15) is 0 Å². The predicted octanol–water partition coefficient (Wildman–Crippen LogP) is 2.52. The Morgan fingerprint density at radius 1 is 1.14 bits per heavy atom. The van der Waals surface area contributed by atoms with Crippen LogP contribution in [-0.2, 0) is 14.4 Å². The number of carbonyl (C=O) groups is 3. The number of nitrogens with zero attached hydrogens (tertiary/aromatic N) is 2. The summed E-state index contributed by atoms with van der Waals surface area (Å²) in [6.45, 7) is 14.4. The van der Waals surface area contributed by atoms with Crippen LogP contribution in [-0.4, -0.2) is 59.2 Å². The molecule has 160 valence electrons. The van der Waals surface area contributed by atoms with Crippen molar-refractivity contribution in [3.8, 4) is 0 Å². The minimum absolute atomic E-state index is 0.0198. The molecule has 6 nitrogen and oxygen atoms in total. The summed E-state index contributed by atoms with van der Waals surface area (Å²) in [5.41, 5.74) is -1.17. The van der Waals surface area contributed by atoms with E-state index in [0.717, 1.165) is 6.42 Å². The van der Waals surface area contributed by atoms with Gasteiger partial charge in [0.2, 0.25) is 17.7 Å². The molecule has 2 aliphatic carbocycles. The summed E-state index contributed by atoms with van der Waals surface area (Å²) in [4.78, 5) is 41.8. The van der Waals surface area contributed by atoms with Crippen molar-refractivity contribution in [1.82, 2.24) is 15.1 Å². The maximum Gasteiger partial charge on any atom is 0.246 e. The molecule has 2 saturated carbocycles. The van der Waals surface area contributed by atoms with Crippen molar-refractivity contribution >= 4 is 17.7 Å². The van der Waals surface area contributed by atoms with E-state index in [0.29, 0.717) is 18.3 Å². The van der Waals surface area contributed by atoms with Crippen LogP contribution in [0.25, 0.3) is 0 Å². The van der Waals surface area contributed by atoms with Gasteiger partial charge in [0, 0.05) is 25.6 Å². The van der Waals surface area contributed by atoms with Gasteiger partial charge in [0.25, 0.3) is 0 Å². The highest BCUT2D eigenvalue weighted by molar-refractivity contribution is 5.96. The van der Waals surface area contributed by atoms with Crippen LogP contribution in [0.5, 0.6) is 0 Å². The molecule has 28 heavy (non-hydrogen) atoms. The molecule has 1 N–H and O–H groups in total. The van der Waals surface area contributed by atoms with Gasteiger partial charge in [-0.1, -0.05) is 34.6 Å². The third kappa shape index (κ3) is 4.20. The summed E-state index contributed by atoms with van der Waals surface area (Å²) in [5, 5.41) is 3.18. The predicted molar refractivity (Wildman–Crippen MR) is 110 cm³/mol. The first kappa shape index (κ1) is 22.7. The Bertz CT molecular complexity index is 643. The Morgan fingerprint density at radius 2 is 1.68 bits per heavy atom. The molecule has 0 radical (unpaired) electrons. The minimum atomic E-state index is -0.811. The molecule has 6 heteroatoms. The molecular formula is C22H39N3O3. The van der Waals surface area contributed by atoms with Crippen molar-refractivity contribution in [3.05, 3.63) is 0 Å². The number of rotatable bonds is 8. The maximum atomic E-state index is 13.3. The minimum Gasteiger partial charge on any atom is -0.349 e. The van der Waals surface area contributed by atoms with Gasteiger partial charge in [0.05, 0.1) is 6.54 Å². The molecule has 1 unspecified atom stereocenters. The molecule has 2 fully saturated rings. The van der Waals surface area contributed by atoms with Crippen molar-refractivity contribution in [1.29, 1.82) is 0 Å². The number of nitrogens with one attached hydrogen (secondary N) is 1. The van der Waals surface area contributed by atoms with Crippen molar-refractivity contribution in [3.63, 3.8) is 0 Å². The fraction of sp³-hybridized carbons (Fsp3) is 0.864. The Balaban J connectivity index is 2.12. The summed E-state index contributed by atoms with van der Waals surface area (Å²) in [5.74, 6) is 0.947. The van der Waals surface area contributed by atoms with E-state index in [1.54, 1.807) is 19.0 Å². The van der Waals surface area contributed by atoms with Crippen LogP contribution < -0.4 is 5.32 Å². The van der Waals surface area contributed by atoms with E-state index in [2.05, 4.69) is 39.9 Å². The topological polar surface area (TPSA) is 69.7 Å². The van der Waals surface area contributed by atoms with Crippen molar-refractivity contribution in [2.45, 2.75) is 72.4 Å². The van der Waals surface area contributed by atoms with E-state index in [-0.39, 0.29) is 47.6 Å². The Kier molecular flexibility index (Phi) is 6.22. The number of amides is 3. The third-order valence-corrected chi connectivity index (χ3v) is 7.21. The molecule has 0 aromatic heterocycles. The normalized spacial score (nSPS) is 28.9. The van der Waals surface area contributed by atoms with Crippen LogP contribution in [0, 0.1) is 29.6 Å². The smallest absolute Gasteiger partial charge is 0.246 e. The molecule has 4 atom stereocenters. The highest BCUT2D eigenvalue weighted by Crippen LogP contribution is 2.53. The first-order valence-corrected chi connectivity index (χ1v) is 10.6. The van der Waals surface area contributed by atoms with E-state index in [4.69, 9.17) is 0 Å². The number of hydrogen-bond donors (Lipinski definition) is 1. The molecule has 0 aromatic rings. The molecule has 0 heterocycles. The van der Waals surface area contributed by atoms with E-state index < -0.39 is 5.54 Å². The molecule has 0 saturated heterocycles. The first-order chi connectivity index (χ1) is 12.8. The van der Waals surface area contributed by atoms with Crippen LogP contribution in [0.1, 0.15) is 61.3 Å². The van der Waals surface area contributed by atoms with Crippen LogP contribution in [0.3, 0.4) is 0 Å². The van der Waals surface area contributed by atoms with Crippen molar-refractivity contribution in [2.75, 3.05) is 20.6 Å². The molecule has 3 amide bonds. The molecule has 0 aromatic carbocycles. The first-order valence-electron chi connectivity index (χ1n) is 10.6. The summed E-state index contributed by atoms with van der Waals surface area (Å²) in [6, 6.07) is 0. The molecular weight excluding hydrogens is 354 g/mol. The van der Waals surface area contributed by atoms with Crippen LogP contribution >= 0.6 is 0 Å². The molecule has 0 bridgehead atoms. The average Bonchev–Trinajstić information content (AvgIpc) is 3.47. The lowest BCUT2D eigenvalue weighted by atomic mass is 9.89. The lowest BCUT2D eigenvalue weighted by molar-refractivity contribution is -0.145. The molecule has 0 spiro atoms. The van der Waals surface area contributed by atoms with Gasteiger partial charge in [-0.25, -0.2) is 0 Å².